The number of carbonyl (C=O) groups excluding carboxylic acids is 2. The maximum atomic E-state index is 12.7. The van der Waals surface area contributed by atoms with Gasteiger partial charge < -0.3 is 15.0 Å². The highest BCUT2D eigenvalue weighted by molar-refractivity contribution is 6.04. The third kappa shape index (κ3) is 3.45. The van der Waals surface area contributed by atoms with Crippen molar-refractivity contribution in [3.63, 3.8) is 0 Å². The number of carbonyl (C=O) groups is 2. The number of amides is 3. The van der Waals surface area contributed by atoms with Crippen molar-refractivity contribution in [1.82, 2.24) is 20.1 Å². The Kier molecular flexibility index (Phi) is 4.90. The second-order valence-corrected chi connectivity index (χ2v) is 6.86. The molecule has 3 heterocycles. The zero-order valence-electron chi connectivity index (χ0n) is 14.7. The minimum absolute atomic E-state index is 0.123. The number of para-hydroxylation sites is 1. The van der Waals surface area contributed by atoms with Gasteiger partial charge in [-0.05, 0) is 18.1 Å². The molecule has 0 saturated carbocycles. The van der Waals surface area contributed by atoms with Crippen LogP contribution in [0.1, 0.15) is 12.0 Å². The van der Waals surface area contributed by atoms with Gasteiger partial charge in [0.1, 0.15) is 6.04 Å². The quantitative estimate of drug-likeness (QED) is 0.766. The van der Waals surface area contributed by atoms with Crippen molar-refractivity contribution < 1.29 is 14.3 Å². The van der Waals surface area contributed by atoms with Crippen molar-refractivity contribution in [1.29, 1.82) is 0 Å². The Morgan fingerprint density at radius 2 is 1.92 bits per heavy atom. The van der Waals surface area contributed by atoms with E-state index in [0.29, 0.717) is 13.0 Å². The zero-order chi connectivity index (χ0) is 17.9. The molecule has 2 aromatic rings. The molecule has 2 aliphatic heterocycles. The Morgan fingerprint density at radius 3 is 2.77 bits per heavy atom. The van der Waals surface area contributed by atoms with Crippen molar-refractivity contribution in [2.24, 2.45) is 0 Å². The molecule has 2 aliphatic rings. The summed E-state index contributed by atoms with van der Waals surface area (Å²) in [7, 11) is 0. The number of H-pyrrole nitrogens is 1. The summed E-state index contributed by atoms with van der Waals surface area (Å²) >= 11 is 0. The molecule has 0 spiro atoms. The van der Waals surface area contributed by atoms with Crippen LogP contribution in [-0.2, 0) is 16.0 Å². The predicted octanol–water partition coefficient (Wildman–Crippen LogP) is 1.35. The Bertz CT molecular complexity index is 797. The third-order valence-corrected chi connectivity index (χ3v) is 5.17. The lowest BCUT2D eigenvalue weighted by Gasteiger charge is -2.27. The van der Waals surface area contributed by atoms with E-state index in [1.807, 2.05) is 30.5 Å². The first kappa shape index (κ1) is 17.1. The van der Waals surface area contributed by atoms with Crippen LogP contribution in [0.3, 0.4) is 0 Å². The zero-order valence-corrected chi connectivity index (χ0v) is 14.7. The Morgan fingerprint density at radius 1 is 1.12 bits per heavy atom. The first-order chi connectivity index (χ1) is 12.7. The summed E-state index contributed by atoms with van der Waals surface area (Å²) in [5.74, 6) is -0.123. The smallest absolute Gasteiger partial charge is 0.324 e. The number of morpholine rings is 1. The molecule has 1 atom stereocenters. The van der Waals surface area contributed by atoms with Gasteiger partial charge in [0.25, 0.3) is 5.91 Å². The van der Waals surface area contributed by atoms with Gasteiger partial charge >= 0.3 is 6.03 Å². The number of imide groups is 1. The second-order valence-electron chi connectivity index (χ2n) is 6.86. The van der Waals surface area contributed by atoms with Gasteiger partial charge in [0.05, 0.1) is 13.2 Å². The molecule has 0 bridgehead atoms. The van der Waals surface area contributed by atoms with Crippen molar-refractivity contribution >= 4 is 22.8 Å². The monoisotopic (exact) mass is 356 g/mol. The van der Waals surface area contributed by atoms with Crippen LogP contribution in [-0.4, -0.2) is 72.2 Å². The molecule has 2 saturated heterocycles. The van der Waals surface area contributed by atoms with E-state index >= 15 is 0 Å². The van der Waals surface area contributed by atoms with Crippen LogP contribution in [0.4, 0.5) is 4.79 Å². The SMILES string of the molecule is O=C1NC(Cc2c[nH]c3ccccc23)C(=O)N1CCCN1CCOCC1. The van der Waals surface area contributed by atoms with Gasteiger partial charge in [0, 0.05) is 49.7 Å². The number of nitrogens with one attached hydrogen (secondary N) is 2. The van der Waals surface area contributed by atoms with Crippen LogP contribution in [0.25, 0.3) is 10.9 Å². The van der Waals surface area contributed by atoms with E-state index in [-0.39, 0.29) is 11.9 Å². The highest BCUT2D eigenvalue weighted by Crippen LogP contribution is 2.21. The van der Waals surface area contributed by atoms with E-state index in [2.05, 4.69) is 15.2 Å². The molecule has 4 rings (SSSR count). The van der Waals surface area contributed by atoms with Gasteiger partial charge in [0.15, 0.2) is 0 Å². The van der Waals surface area contributed by atoms with Crippen LogP contribution in [0.2, 0.25) is 0 Å². The van der Waals surface area contributed by atoms with Crippen molar-refractivity contribution in [3.05, 3.63) is 36.0 Å². The molecule has 138 valence electrons. The van der Waals surface area contributed by atoms with E-state index in [0.717, 1.165) is 55.7 Å². The molecule has 0 radical (unpaired) electrons. The molecule has 26 heavy (non-hydrogen) atoms. The van der Waals surface area contributed by atoms with Crippen molar-refractivity contribution in [3.8, 4) is 0 Å². The molecule has 2 fully saturated rings. The molecule has 1 aromatic carbocycles. The van der Waals surface area contributed by atoms with E-state index in [4.69, 9.17) is 4.74 Å². The first-order valence-corrected chi connectivity index (χ1v) is 9.19. The Balaban J connectivity index is 1.34. The summed E-state index contributed by atoms with van der Waals surface area (Å²) in [5.41, 5.74) is 2.09. The molecular weight excluding hydrogens is 332 g/mol. The molecule has 3 amide bonds. The number of ether oxygens (including phenoxy) is 1. The van der Waals surface area contributed by atoms with E-state index in [1.54, 1.807) is 0 Å². The van der Waals surface area contributed by atoms with E-state index in [9.17, 15) is 9.59 Å². The van der Waals surface area contributed by atoms with Gasteiger partial charge in [0.2, 0.25) is 0 Å². The molecule has 7 nitrogen and oxygen atoms in total. The summed E-state index contributed by atoms with van der Waals surface area (Å²) in [6, 6.07) is 7.23. The molecular formula is C19H24N4O3. The Hall–Kier alpha value is -2.38. The van der Waals surface area contributed by atoms with Gasteiger partial charge in [-0.2, -0.15) is 0 Å². The van der Waals surface area contributed by atoms with Crippen molar-refractivity contribution in [2.45, 2.75) is 18.9 Å². The summed E-state index contributed by atoms with van der Waals surface area (Å²) in [4.78, 5) is 31.8. The van der Waals surface area contributed by atoms with Gasteiger partial charge in [-0.15, -0.1) is 0 Å². The minimum Gasteiger partial charge on any atom is -0.379 e. The fourth-order valence-electron chi connectivity index (χ4n) is 3.72. The number of urea groups is 1. The Labute approximate surface area is 152 Å². The summed E-state index contributed by atoms with van der Waals surface area (Å²) in [6.07, 6.45) is 3.22. The molecule has 2 N–H and O–H groups in total. The first-order valence-electron chi connectivity index (χ1n) is 9.19. The average Bonchev–Trinajstić information content (AvgIpc) is 3.19. The van der Waals surface area contributed by atoms with Crippen LogP contribution in [0.15, 0.2) is 30.5 Å². The lowest BCUT2D eigenvalue weighted by atomic mass is 10.1. The number of fused-ring (bicyclic) bond motifs is 1. The van der Waals surface area contributed by atoms with E-state index in [1.165, 1.54) is 4.90 Å². The number of rotatable bonds is 6. The highest BCUT2D eigenvalue weighted by Gasteiger charge is 2.37. The largest absolute Gasteiger partial charge is 0.379 e. The van der Waals surface area contributed by atoms with Gasteiger partial charge in [-0.3, -0.25) is 14.6 Å². The summed E-state index contributed by atoms with van der Waals surface area (Å²) < 4.78 is 5.34. The summed E-state index contributed by atoms with van der Waals surface area (Å²) in [6.45, 7) is 4.71. The van der Waals surface area contributed by atoms with Crippen molar-refractivity contribution in [2.75, 3.05) is 39.4 Å². The van der Waals surface area contributed by atoms with Gasteiger partial charge in [-0.25, -0.2) is 4.79 Å². The average molecular weight is 356 g/mol. The number of aromatic nitrogens is 1. The normalized spacial score (nSPS) is 21.5. The molecule has 7 heteroatoms. The molecule has 1 aromatic heterocycles. The predicted molar refractivity (Wildman–Crippen MR) is 97.9 cm³/mol. The number of nitrogens with zero attached hydrogens (tertiary/aromatic N) is 2. The fourth-order valence-corrected chi connectivity index (χ4v) is 3.72. The topological polar surface area (TPSA) is 77.7 Å². The van der Waals surface area contributed by atoms with Crippen LogP contribution in [0, 0.1) is 0 Å². The third-order valence-electron chi connectivity index (χ3n) is 5.17. The standard InChI is InChI=1S/C19H24N4O3/c24-18-17(12-14-13-20-16-5-2-1-4-15(14)16)21-19(25)23(18)7-3-6-22-8-10-26-11-9-22/h1-2,4-5,13,17,20H,3,6-12H2,(H,21,25). The number of hydrogen-bond donors (Lipinski definition) is 2. The van der Waals surface area contributed by atoms with Crippen LogP contribution in [0.5, 0.6) is 0 Å². The highest BCUT2D eigenvalue weighted by atomic mass is 16.5. The second kappa shape index (κ2) is 7.47. The summed E-state index contributed by atoms with van der Waals surface area (Å²) in [5, 5.41) is 3.93. The lowest BCUT2D eigenvalue weighted by molar-refractivity contribution is -0.127. The maximum absolute atomic E-state index is 12.7. The number of aromatic amines is 1. The lowest BCUT2D eigenvalue weighted by Crippen LogP contribution is -2.39. The minimum atomic E-state index is -0.481. The van der Waals surface area contributed by atoms with Crippen LogP contribution >= 0.6 is 0 Å². The van der Waals surface area contributed by atoms with Crippen LogP contribution < -0.4 is 5.32 Å². The molecule has 1 unspecified atom stereocenters. The maximum Gasteiger partial charge on any atom is 0.324 e. The molecule has 0 aliphatic carbocycles. The number of benzene rings is 1. The fraction of sp³-hybridized carbons (Fsp3) is 0.474. The van der Waals surface area contributed by atoms with E-state index < -0.39 is 6.04 Å². The number of hydrogen-bond acceptors (Lipinski definition) is 4. The van der Waals surface area contributed by atoms with Gasteiger partial charge in [-0.1, -0.05) is 18.2 Å².